The van der Waals surface area contributed by atoms with E-state index in [4.69, 9.17) is 0 Å². The Morgan fingerprint density at radius 1 is 1.24 bits per heavy atom. The molecule has 0 unspecified atom stereocenters. The Morgan fingerprint density at radius 2 is 2.05 bits per heavy atom. The number of hydrogen-bond acceptors (Lipinski definition) is 3. The summed E-state index contributed by atoms with van der Waals surface area (Å²) in [6.07, 6.45) is 3.64. The summed E-state index contributed by atoms with van der Waals surface area (Å²) >= 11 is 0. The van der Waals surface area contributed by atoms with Crippen molar-refractivity contribution >= 4 is 16.6 Å². The quantitative estimate of drug-likeness (QED) is 0.802. The highest BCUT2D eigenvalue weighted by molar-refractivity contribution is 5.91. The molecule has 4 nitrogen and oxygen atoms in total. The number of fused-ring (bicyclic) bond motifs is 1. The number of aryl methyl sites for hydroxylation is 2. The number of pyridine rings is 2. The lowest BCUT2D eigenvalue weighted by Gasteiger charge is -2.13. The van der Waals surface area contributed by atoms with Crippen LogP contribution in [0.1, 0.15) is 11.1 Å². The molecule has 106 valence electrons. The largest absolute Gasteiger partial charge is 0.380 e. The van der Waals surface area contributed by atoms with E-state index >= 15 is 0 Å². The van der Waals surface area contributed by atoms with E-state index in [1.54, 1.807) is 23.9 Å². The van der Waals surface area contributed by atoms with Gasteiger partial charge in [0.25, 0.3) is 5.56 Å². The summed E-state index contributed by atoms with van der Waals surface area (Å²) in [4.78, 5) is 16.2. The topological polar surface area (TPSA) is 46.9 Å². The van der Waals surface area contributed by atoms with Crippen LogP contribution in [-0.4, -0.2) is 9.55 Å². The van der Waals surface area contributed by atoms with Gasteiger partial charge in [-0.05, 0) is 30.2 Å². The van der Waals surface area contributed by atoms with Crippen molar-refractivity contribution in [3.05, 3.63) is 70.3 Å². The Balaban J connectivity index is 2.00. The third-order valence-corrected chi connectivity index (χ3v) is 3.77. The van der Waals surface area contributed by atoms with Gasteiger partial charge < -0.3 is 9.88 Å². The maximum Gasteiger partial charge on any atom is 0.252 e. The van der Waals surface area contributed by atoms with Crippen LogP contribution < -0.4 is 10.9 Å². The van der Waals surface area contributed by atoms with Crippen LogP contribution >= 0.6 is 0 Å². The average Bonchev–Trinajstić information content (AvgIpc) is 2.51. The molecule has 21 heavy (non-hydrogen) atoms. The fourth-order valence-electron chi connectivity index (χ4n) is 2.43. The molecule has 4 heteroatoms. The number of anilines is 1. The minimum Gasteiger partial charge on any atom is -0.380 e. The van der Waals surface area contributed by atoms with E-state index in [2.05, 4.69) is 17.2 Å². The third-order valence-electron chi connectivity index (χ3n) is 3.77. The van der Waals surface area contributed by atoms with Crippen molar-refractivity contribution in [1.82, 2.24) is 9.55 Å². The summed E-state index contributed by atoms with van der Waals surface area (Å²) in [5.74, 6) is 0. The molecule has 2 aromatic heterocycles. The Labute approximate surface area is 123 Å². The van der Waals surface area contributed by atoms with Gasteiger partial charge in [0.2, 0.25) is 0 Å². The predicted molar refractivity (Wildman–Crippen MR) is 85.5 cm³/mol. The first-order valence-corrected chi connectivity index (χ1v) is 6.89. The SMILES string of the molecule is Cc1ccncc1CNc1cc(=O)n(C)c2ccccc12. The Bertz CT molecular complexity index is 852. The molecule has 0 radical (unpaired) electrons. The maximum atomic E-state index is 12.0. The van der Waals surface area contributed by atoms with Gasteiger partial charge in [-0.25, -0.2) is 0 Å². The number of nitrogens with zero attached hydrogens (tertiary/aromatic N) is 2. The number of para-hydroxylation sites is 1. The van der Waals surface area contributed by atoms with Crippen molar-refractivity contribution in [3.8, 4) is 0 Å². The first kappa shape index (κ1) is 13.4. The van der Waals surface area contributed by atoms with E-state index in [9.17, 15) is 4.79 Å². The second-order valence-corrected chi connectivity index (χ2v) is 5.13. The highest BCUT2D eigenvalue weighted by Crippen LogP contribution is 2.21. The number of benzene rings is 1. The summed E-state index contributed by atoms with van der Waals surface area (Å²) in [7, 11) is 1.79. The maximum absolute atomic E-state index is 12.0. The molecule has 3 aromatic rings. The van der Waals surface area contributed by atoms with Crippen molar-refractivity contribution in [3.63, 3.8) is 0 Å². The van der Waals surface area contributed by atoms with Crippen molar-refractivity contribution in [2.75, 3.05) is 5.32 Å². The van der Waals surface area contributed by atoms with Crippen molar-refractivity contribution in [2.45, 2.75) is 13.5 Å². The molecule has 0 aliphatic heterocycles. The van der Waals surface area contributed by atoms with Gasteiger partial charge in [0.1, 0.15) is 0 Å². The molecule has 0 atom stereocenters. The Morgan fingerprint density at radius 3 is 2.86 bits per heavy atom. The number of hydrogen-bond donors (Lipinski definition) is 1. The van der Waals surface area contributed by atoms with Crippen LogP contribution in [0.3, 0.4) is 0 Å². The molecule has 0 spiro atoms. The monoisotopic (exact) mass is 279 g/mol. The van der Waals surface area contributed by atoms with Crippen LogP contribution in [0.2, 0.25) is 0 Å². The molecular formula is C17H17N3O. The number of nitrogens with one attached hydrogen (secondary N) is 1. The van der Waals surface area contributed by atoms with Crippen LogP contribution in [0.25, 0.3) is 10.9 Å². The molecule has 2 heterocycles. The van der Waals surface area contributed by atoms with Gasteiger partial charge in [-0.2, -0.15) is 0 Å². The van der Waals surface area contributed by atoms with E-state index < -0.39 is 0 Å². The first-order chi connectivity index (χ1) is 10.2. The number of rotatable bonds is 3. The molecule has 3 rings (SSSR count). The minimum absolute atomic E-state index is 0.0147. The summed E-state index contributed by atoms with van der Waals surface area (Å²) in [5, 5.41) is 4.40. The molecule has 0 fully saturated rings. The second kappa shape index (κ2) is 5.40. The lowest BCUT2D eigenvalue weighted by molar-refractivity contribution is 0.905. The average molecular weight is 279 g/mol. The van der Waals surface area contributed by atoms with Gasteiger partial charge >= 0.3 is 0 Å². The zero-order valence-corrected chi connectivity index (χ0v) is 12.1. The molecule has 1 N–H and O–H groups in total. The van der Waals surface area contributed by atoms with E-state index in [-0.39, 0.29) is 5.56 Å². The lowest BCUT2D eigenvalue weighted by atomic mass is 10.1. The molecule has 0 aliphatic carbocycles. The zero-order chi connectivity index (χ0) is 14.8. The lowest BCUT2D eigenvalue weighted by Crippen LogP contribution is -2.17. The van der Waals surface area contributed by atoms with Crippen LogP contribution in [0.15, 0.2) is 53.6 Å². The Kier molecular flexibility index (Phi) is 3.44. The van der Waals surface area contributed by atoms with Gasteiger partial charge in [-0.3, -0.25) is 9.78 Å². The summed E-state index contributed by atoms with van der Waals surface area (Å²) in [6, 6.07) is 11.5. The van der Waals surface area contributed by atoms with Gasteiger partial charge in [-0.1, -0.05) is 18.2 Å². The van der Waals surface area contributed by atoms with Crippen LogP contribution in [-0.2, 0) is 13.6 Å². The zero-order valence-electron chi connectivity index (χ0n) is 12.1. The molecule has 0 saturated carbocycles. The van der Waals surface area contributed by atoms with E-state index in [0.717, 1.165) is 22.2 Å². The van der Waals surface area contributed by atoms with Gasteiger partial charge in [-0.15, -0.1) is 0 Å². The second-order valence-electron chi connectivity index (χ2n) is 5.13. The molecule has 0 amide bonds. The molecule has 0 saturated heterocycles. The van der Waals surface area contributed by atoms with Gasteiger partial charge in [0.15, 0.2) is 0 Å². The molecule has 0 aliphatic rings. The van der Waals surface area contributed by atoms with Crippen molar-refractivity contribution in [1.29, 1.82) is 0 Å². The fraction of sp³-hybridized carbons (Fsp3) is 0.176. The fourth-order valence-corrected chi connectivity index (χ4v) is 2.43. The standard InChI is InChI=1S/C17H17N3O/c1-12-7-8-18-10-13(12)11-19-15-9-17(21)20(2)16-6-4-3-5-14(15)16/h3-10,19H,11H2,1-2H3. The van der Waals surface area contributed by atoms with Crippen molar-refractivity contribution < 1.29 is 0 Å². The Hall–Kier alpha value is -2.62. The van der Waals surface area contributed by atoms with E-state index in [0.29, 0.717) is 6.54 Å². The van der Waals surface area contributed by atoms with E-state index in [1.807, 2.05) is 36.5 Å². The van der Waals surface area contributed by atoms with Crippen LogP contribution in [0.5, 0.6) is 0 Å². The van der Waals surface area contributed by atoms with Crippen LogP contribution in [0.4, 0.5) is 5.69 Å². The third kappa shape index (κ3) is 2.52. The smallest absolute Gasteiger partial charge is 0.252 e. The normalized spacial score (nSPS) is 10.8. The highest BCUT2D eigenvalue weighted by Gasteiger charge is 2.06. The molecule has 1 aromatic carbocycles. The highest BCUT2D eigenvalue weighted by atomic mass is 16.1. The number of aromatic nitrogens is 2. The van der Waals surface area contributed by atoms with Gasteiger partial charge in [0.05, 0.1) is 5.52 Å². The minimum atomic E-state index is -0.0147. The van der Waals surface area contributed by atoms with E-state index in [1.165, 1.54) is 5.56 Å². The summed E-state index contributed by atoms with van der Waals surface area (Å²) in [6.45, 7) is 2.71. The van der Waals surface area contributed by atoms with Crippen molar-refractivity contribution in [2.24, 2.45) is 7.05 Å². The van der Waals surface area contributed by atoms with Crippen LogP contribution in [0, 0.1) is 6.92 Å². The molecular weight excluding hydrogens is 262 g/mol. The summed E-state index contributed by atoms with van der Waals surface area (Å²) < 4.78 is 1.66. The predicted octanol–water partition coefficient (Wildman–Crippen LogP) is 2.85. The molecule has 0 bridgehead atoms. The first-order valence-electron chi connectivity index (χ1n) is 6.89. The van der Waals surface area contributed by atoms with Gasteiger partial charge in [0, 0.05) is 43.1 Å². The summed E-state index contributed by atoms with van der Waals surface area (Å²) in [5.41, 5.74) is 4.08.